The third-order valence-corrected chi connectivity index (χ3v) is 3.40. The van der Waals surface area contributed by atoms with Crippen molar-refractivity contribution in [2.45, 2.75) is 26.2 Å². The number of halogens is 1. The molecule has 2 rings (SSSR count). The highest BCUT2D eigenvalue weighted by molar-refractivity contribution is 9.26. The maximum atomic E-state index is 3.60. The molecule has 0 radical (unpaired) electrons. The van der Waals surface area contributed by atoms with Crippen LogP contribution in [0.3, 0.4) is 0 Å². The molecule has 0 aliphatic carbocycles. The van der Waals surface area contributed by atoms with Crippen LogP contribution in [0.15, 0.2) is 18.2 Å². The molecule has 0 N–H and O–H groups in total. The van der Waals surface area contributed by atoms with Gasteiger partial charge in [-0.15, -0.1) is 15.8 Å². The van der Waals surface area contributed by atoms with Gasteiger partial charge in [-0.25, -0.2) is 0 Å². The SMILES string of the molecule is CC(C)(C)c1ccc2c(c1)B2Br. The minimum atomic E-state index is 0.282. The van der Waals surface area contributed by atoms with Crippen LogP contribution >= 0.6 is 15.8 Å². The summed E-state index contributed by atoms with van der Waals surface area (Å²) in [5.74, 6) is 0. The molecule has 0 unspecified atom stereocenters. The van der Waals surface area contributed by atoms with Crippen LogP contribution in [0.4, 0.5) is 0 Å². The summed E-state index contributed by atoms with van der Waals surface area (Å²) in [5, 5.41) is 0. The van der Waals surface area contributed by atoms with E-state index in [1.54, 1.807) is 0 Å². The fraction of sp³-hybridized carbons (Fsp3) is 0.400. The zero-order chi connectivity index (χ0) is 8.93. The minimum absolute atomic E-state index is 0.282. The van der Waals surface area contributed by atoms with Gasteiger partial charge in [0, 0.05) is 0 Å². The second-order valence-electron chi connectivity index (χ2n) is 4.46. The molecule has 0 aromatic heterocycles. The van der Waals surface area contributed by atoms with Crippen molar-refractivity contribution in [3.05, 3.63) is 23.8 Å². The lowest BCUT2D eigenvalue weighted by Crippen LogP contribution is -2.12. The maximum Gasteiger partial charge on any atom is 0.286 e. The first-order chi connectivity index (χ1) is 5.50. The van der Waals surface area contributed by atoms with Crippen LogP contribution in [-0.4, -0.2) is 5.54 Å². The molecular formula is C10H12BBr. The van der Waals surface area contributed by atoms with Crippen LogP contribution in [0.25, 0.3) is 0 Å². The molecule has 0 saturated carbocycles. The summed E-state index contributed by atoms with van der Waals surface area (Å²) in [6, 6.07) is 6.78. The van der Waals surface area contributed by atoms with Gasteiger partial charge in [-0.3, -0.25) is 0 Å². The van der Waals surface area contributed by atoms with Crippen molar-refractivity contribution in [2.24, 2.45) is 0 Å². The van der Waals surface area contributed by atoms with Gasteiger partial charge in [0.1, 0.15) is 0 Å². The van der Waals surface area contributed by atoms with Crippen molar-refractivity contribution in [1.29, 1.82) is 0 Å². The van der Waals surface area contributed by atoms with E-state index in [1.807, 2.05) is 0 Å². The van der Waals surface area contributed by atoms with Gasteiger partial charge in [-0.05, 0) is 11.0 Å². The van der Waals surface area contributed by atoms with E-state index in [0.29, 0.717) is 5.54 Å². The van der Waals surface area contributed by atoms with Crippen LogP contribution < -0.4 is 10.9 Å². The number of rotatable bonds is 0. The first kappa shape index (κ1) is 8.37. The molecule has 0 atom stereocenters. The summed E-state index contributed by atoms with van der Waals surface area (Å²) in [5.41, 5.74) is 5.20. The number of fused-ring (bicyclic) bond motifs is 1. The highest BCUT2D eigenvalue weighted by Crippen LogP contribution is 2.22. The number of hydrogen-bond donors (Lipinski definition) is 0. The molecule has 12 heavy (non-hydrogen) atoms. The van der Waals surface area contributed by atoms with Crippen LogP contribution in [-0.2, 0) is 5.41 Å². The zero-order valence-corrected chi connectivity index (χ0v) is 9.27. The summed E-state index contributed by atoms with van der Waals surface area (Å²) in [4.78, 5) is 0. The minimum Gasteiger partial charge on any atom is -0.143 e. The summed E-state index contributed by atoms with van der Waals surface area (Å²) < 4.78 is 0. The number of benzene rings is 1. The van der Waals surface area contributed by atoms with E-state index in [2.05, 4.69) is 54.7 Å². The van der Waals surface area contributed by atoms with Gasteiger partial charge in [0.25, 0.3) is 5.54 Å². The van der Waals surface area contributed by atoms with E-state index < -0.39 is 0 Å². The van der Waals surface area contributed by atoms with Gasteiger partial charge in [0.2, 0.25) is 0 Å². The van der Waals surface area contributed by atoms with Crippen molar-refractivity contribution >= 4 is 32.2 Å². The van der Waals surface area contributed by atoms with Crippen molar-refractivity contribution in [1.82, 2.24) is 0 Å². The Morgan fingerprint density at radius 3 is 2.33 bits per heavy atom. The quantitative estimate of drug-likeness (QED) is 0.588. The van der Waals surface area contributed by atoms with E-state index in [0.717, 1.165) is 0 Å². The van der Waals surface area contributed by atoms with Crippen molar-refractivity contribution < 1.29 is 0 Å². The highest BCUT2D eigenvalue weighted by atomic mass is 79.9. The van der Waals surface area contributed by atoms with Crippen molar-refractivity contribution in [3.63, 3.8) is 0 Å². The Hall–Kier alpha value is -0.235. The van der Waals surface area contributed by atoms with E-state index in [9.17, 15) is 0 Å². The second kappa shape index (κ2) is 2.38. The first-order valence-corrected chi connectivity index (χ1v) is 5.20. The monoisotopic (exact) mass is 222 g/mol. The zero-order valence-electron chi connectivity index (χ0n) is 7.69. The van der Waals surface area contributed by atoms with Crippen LogP contribution in [0.5, 0.6) is 0 Å². The molecule has 1 aliphatic heterocycles. The molecule has 0 nitrogen and oxygen atoms in total. The first-order valence-electron chi connectivity index (χ1n) is 4.28. The Balaban J connectivity index is 2.40. The lowest BCUT2D eigenvalue weighted by atomic mass is 9.87. The molecular weight excluding hydrogens is 211 g/mol. The lowest BCUT2D eigenvalue weighted by molar-refractivity contribution is 0.591. The van der Waals surface area contributed by atoms with E-state index in [-0.39, 0.29) is 5.41 Å². The molecule has 62 valence electrons. The Morgan fingerprint density at radius 2 is 1.83 bits per heavy atom. The Kier molecular flexibility index (Phi) is 1.66. The van der Waals surface area contributed by atoms with E-state index in [1.165, 1.54) is 16.5 Å². The summed E-state index contributed by atoms with van der Waals surface area (Å²) >= 11 is 3.60. The summed E-state index contributed by atoms with van der Waals surface area (Å²) in [7, 11) is 0. The van der Waals surface area contributed by atoms with E-state index in [4.69, 9.17) is 0 Å². The second-order valence-corrected chi connectivity index (χ2v) is 5.37. The Morgan fingerprint density at radius 1 is 1.17 bits per heavy atom. The topological polar surface area (TPSA) is 0 Å². The van der Waals surface area contributed by atoms with Crippen LogP contribution in [0, 0.1) is 0 Å². The molecule has 1 heterocycles. The van der Waals surface area contributed by atoms with Gasteiger partial charge in [-0.2, -0.15) is 0 Å². The average molecular weight is 223 g/mol. The third kappa shape index (κ3) is 1.22. The molecule has 0 fully saturated rings. The van der Waals surface area contributed by atoms with Crippen LogP contribution in [0.2, 0.25) is 0 Å². The highest BCUT2D eigenvalue weighted by Gasteiger charge is 2.35. The molecule has 1 aromatic rings. The fourth-order valence-electron chi connectivity index (χ4n) is 1.42. The molecule has 0 amide bonds. The van der Waals surface area contributed by atoms with E-state index >= 15 is 0 Å². The fourth-order valence-corrected chi connectivity index (χ4v) is 2.11. The van der Waals surface area contributed by atoms with Gasteiger partial charge in [-0.1, -0.05) is 49.9 Å². The van der Waals surface area contributed by atoms with Crippen molar-refractivity contribution in [2.75, 3.05) is 0 Å². The molecule has 1 aliphatic rings. The largest absolute Gasteiger partial charge is 0.286 e. The smallest absolute Gasteiger partial charge is 0.143 e. The standard InChI is InChI=1S/C10H12BBr/c1-10(2,3)7-4-5-8-9(6-7)11(8)12/h4-6H,1-3H3. The molecule has 2 heteroatoms. The Labute approximate surface area is 82.4 Å². The predicted octanol–water partition coefficient (Wildman–Crippen LogP) is 1.80. The molecule has 0 spiro atoms. The third-order valence-electron chi connectivity index (χ3n) is 2.42. The van der Waals surface area contributed by atoms with Gasteiger partial charge >= 0.3 is 0 Å². The lowest BCUT2D eigenvalue weighted by Gasteiger charge is -2.18. The number of hydrogen-bond acceptors (Lipinski definition) is 0. The average Bonchev–Trinajstić information content (AvgIpc) is 2.61. The van der Waals surface area contributed by atoms with Crippen LogP contribution in [0.1, 0.15) is 26.3 Å². The predicted molar refractivity (Wildman–Crippen MR) is 59.1 cm³/mol. The summed E-state index contributed by atoms with van der Waals surface area (Å²) in [6.07, 6.45) is 0. The molecule has 0 bridgehead atoms. The van der Waals surface area contributed by atoms with Gasteiger partial charge < -0.3 is 0 Å². The normalized spacial score (nSPS) is 14.5. The van der Waals surface area contributed by atoms with Gasteiger partial charge in [0.15, 0.2) is 0 Å². The maximum absolute atomic E-state index is 3.60. The molecule has 0 saturated heterocycles. The van der Waals surface area contributed by atoms with Crippen molar-refractivity contribution in [3.8, 4) is 0 Å². The van der Waals surface area contributed by atoms with Gasteiger partial charge in [0.05, 0.1) is 0 Å². The Bertz CT molecular complexity index is 325. The molecule has 1 aromatic carbocycles. The summed E-state index contributed by atoms with van der Waals surface area (Å²) in [6.45, 7) is 6.75.